The second kappa shape index (κ2) is 7.67. The summed E-state index contributed by atoms with van der Waals surface area (Å²) in [4.78, 5) is 27.1. The van der Waals surface area contributed by atoms with Gasteiger partial charge >= 0.3 is 6.18 Å². The molecule has 34 heavy (non-hydrogen) atoms. The molecule has 4 rings (SSSR count). The van der Waals surface area contributed by atoms with E-state index in [0.717, 1.165) is 17.0 Å². The Morgan fingerprint density at radius 1 is 0.971 bits per heavy atom. The first-order valence-corrected chi connectivity index (χ1v) is 11.8. The Balaban J connectivity index is 1.98. The lowest BCUT2D eigenvalue weighted by atomic mass is 9.72. The van der Waals surface area contributed by atoms with Crippen LogP contribution in [0.3, 0.4) is 0 Å². The maximum Gasteiger partial charge on any atom is 0.421 e. The van der Waals surface area contributed by atoms with Crippen LogP contribution in [0.4, 0.5) is 24.5 Å². The molecule has 2 aliphatic rings. The third-order valence-corrected chi connectivity index (χ3v) is 7.41. The molecule has 180 valence electrons. The zero-order valence-electron chi connectivity index (χ0n) is 18.3. The van der Waals surface area contributed by atoms with Crippen molar-refractivity contribution in [3.05, 3.63) is 65.9 Å². The van der Waals surface area contributed by atoms with Gasteiger partial charge in [-0.25, -0.2) is 8.42 Å². The van der Waals surface area contributed by atoms with Crippen molar-refractivity contribution in [3.63, 3.8) is 0 Å². The zero-order chi connectivity index (χ0) is 25.1. The molecule has 2 aromatic carbocycles. The van der Waals surface area contributed by atoms with E-state index in [9.17, 15) is 31.2 Å². The monoisotopic (exact) mass is 493 g/mol. The fraction of sp³-hybridized carbons (Fsp3) is 0.304. The molecular weight excluding hydrogens is 471 g/mol. The van der Waals surface area contributed by atoms with Gasteiger partial charge in [-0.3, -0.25) is 14.5 Å². The number of ketones is 1. The Labute approximate surface area is 194 Å². The van der Waals surface area contributed by atoms with Crippen LogP contribution in [0.1, 0.15) is 26.7 Å². The van der Waals surface area contributed by atoms with Crippen molar-refractivity contribution in [3.8, 4) is 0 Å². The number of nitrogen functional groups attached to an aromatic ring is 1. The molecule has 1 unspecified atom stereocenters. The third-order valence-electron chi connectivity index (χ3n) is 5.94. The number of nitrogens with one attached hydrogen (secondary N) is 1. The Morgan fingerprint density at radius 3 is 2.12 bits per heavy atom. The Hall–Kier alpha value is -3.18. The van der Waals surface area contributed by atoms with E-state index < -0.39 is 49.3 Å². The molecule has 1 amide bonds. The lowest BCUT2D eigenvalue weighted by Crippen LogP contribution is -2.66. The van der Waals surface area contributed by atoms with Crippen LogP contribution in [0.2, 0.25) is 0 Å². The van der Waals surface area contributed by atoms with Gasteiger partial charge in [0.15, 0.2) is 5.78 Å². The van der Waals surface area contributed by atoms with Crippen LogP contribution in [-0.4, -0.2) is 31.8 Å². The average molecular weight is 494 g/mol. The fourth-order valence-corrected chi connectivity index (χ4v) is 5.80. The quantitative estimate of drug-likeness (QED) is 0.634. The normalized spacial score (nSPS) is 22.8. The number of nitrogens with two attached hydrogens (primary N) is 1. The molecule has 0 saturated heterocycles. The van der Waals surface area contributed by atoms with Crippen molar-refractivity contribution in [2.45, 2.75) is 43.3 Å². The molecule has 0 radical (unpaired) electrons. The first-order valence-electron chi connectivity index (χ1n) is 10.3. The van der Waals surface area contributed by atoms with Crippen molar-refractivity contribution in [1.82, 2.24) is 4.72 Å². The molecule has 1 aliphatic carbocycles. The molecule has 0 fully saturated rings. The Bertz CT molecular complexity index is 1300. The van der Waals surface area contributed by atoms with Gasteiger partial charge in [-0.15, -0.1) is 0 Å². The van der Waals surface area contributed by atoms with Crippen molar-refractivity contribution in [2.24, 2.45) is 5.41 Å². The number of para-hydroxylation sites is 1. The molecule has 1 atom stereocenters. The molecule has 11 heteroatoms. The number of hydrogen-bond acceptors (Lipinski definition) is 5. The number of anilines is 2. The van der Waals surface area contributed by atoms with Crippen LogP contribution in [0.25, 0.3) is 0 Å². The zero-order valence-corrected chi connectivity index (χ0v) is 19.1. The second-order valence-electron chi connectivity index (χ2n) is 9.16. The predicted octanol–water partition coefficient (Wildman–Crippen LogP) is 3.54. The summed E-state index contributed by atoms with van der Waals surface area (Å²) in [7, 11) is -4.90. The minimum Gasteiger partial charge on any atom is -0.399 e. The van der Waals surface area contributed by atoms with E-state index >= 15 is 0 Å². The molecule has 0 aromatic heterocycles. The fourth-order valence-electron chi connectivity index (χ4n) is 4.47. The maximum absolute atomic E-state index is 14.8. The standard InChI is InChI=1S/C23H22F3N3O4S/c1-21(2)12-17-19(18(30)13-21)22(23(24,25)26,20(31)29(17)15-6-4-3-5-7-15)28-34(32,33)16-10-8-14(27)9-11-16/h3-11,28H,12-13,27H2,1-2H3. The lowest BCUT2D eigenvalue weighted by molar-refractivity contribution is -0.184. The molecule has 0 spiro atoms. The summed E-state index contributed by atoms with van der Waals surface area (Å²) in [6.45, 7) is 3.41. The van der Waals surface area contributed by atoms with E-state index in [0.29, 0.717) is 0 Å². The van der Waals surface area contributed by atoms with E-state index in [1.54, 1.807) is 24.6 Å². The van der Waals surface area contributed by atoms with E-state index in [1.807, 2.05) is 0 Å². The van der Waals surface area contributed by atoms with E-state index in [2.05, 4.69) is 0 Å². The van der Waals surface area contributed by atoms with Gasteiger partial charge in [0.2, 0.25) is 15.6 Å². The minimum absolute atomic E-state index is 0.0316. The minimum atomic E-state index is -5.45. The number of allylic oxidation sites excluding steroid dienone is 1. The highest BCUT2D eigenvalue weighted by Gasteiger charge is 2.72. The number of halogens is 3. The van der Waals surface area contributed by atoms with Crippen molar-refractivity contribution in [1.29, 1.82) is 0 Å². The average Bonchev–Trinajstić information content (AvgIpc) is 2.96. The highest BCUT2D eigenvalue weighted by atomic mass is 32.2. The molecule has 0 bridgehead atoms. The number of alkyl halides is 3. The summed E-state index contributed by atoms with van der Waals surface area (Å²) in [6, 6.07) is 12.0. The van der Waals surface area contributed by atoms with Gasteiger partial charge in [0, 0.05) is 23.5 Å². The van der Waals surface area contributed by atoms with Crippen molar-refractivity contribution < 1.29 is 31.2 Å². The third kappa shape index (κ3) is 3.68. The van der Waals surface area contributed by atoms with Crippen LogP contribution in [-0.2, 0) is 19.6 Å². The van der Waals surface area contributed by atoms with Crippen LogP contribution in [0, 0.1) is 5.41 Å². The lowest BCUT2D eigenvalue weighted by Gasteiger charge is -2.35. The summed E-state index contributed by atoms with van der Waals surface area (Å²) >= 11 is 0. The Kier molecular flexibility index (Phi) is 5.41. The van der Waals surface area contributed by atoms with Crippen LogP contribution >= 0.6 is 0 Å². The number of sulfonamides is 1. The number of benzene rings is 2. The SMILES string of the molecule is CC1(C)CC(=O)C2=C(C1)N(c1ccccc1)C(=O)C2(NS(=O)(=O)c1ccc(N)cc1)C(F)(F)F. The number of Topliss-reactive ketones (excluding diaryl/α,β-unsaturated/α-hetero) is 1. The summed E-state index contributed by atoms with van der Waals surface area (Å²) in [6.07, 6.45) is -5.76. The van der Waals surface area contributed by atoms with Gasteiger partial charge in [-0.1, -0.05) is 32.0 Å². The van der Waals surface area contributed by atoms with E-state index in [-0.39, 0.29) is 29.9 Å². The summed E-state index contributed by atoms with van der Waals surface area (Å²) in [5.41, 5.74) is 0.310. The number of nitrogens with zero attached hydrogens (tertiary/aromatic N) is 1. The molecule has 1 heterocycles. The number of amides is 1. The summed E-state index contributed by atoms with van der Waals surface area (Å²) in [5.74, 6) is -2.53. The molecular formula is C23H22F3N3O4S. The molecule has 3 N–H and O–H groups in total. The van der Waals surface area contributed by atoms with Crippen LogP contribution < -0.4 is 15.4 Å². The topological polar surface area (TPSA) is 110 Å². The van der Waals surface area contributed by atoms with Crippen molar-refractivity contribution in [2.75, 3.05) is 10.6 Å². The highest BCUT2D eigenvalue weighted by molar-refractivity contribution is 7.89. The predicted molar refractivity (Wildman–Crippen MR) is 119 cm³/mol. The molecule has 7 nitrogen and oxygen atoms in total. The smallest absolute Gasteiger partial charge is 0.399 e. The van der Waals surface area contributed by atoms with Gasteiger partial charge < -0.3 is 5.73 Å². The van der Waals surface area contributed by atoms with Gasteiger partial charge in [-0.2, -0.15) is 17.9 Å². The van der Waals surface area contributed by atoms with Gasteiger partial charge in [-0.05, 0) is 48.2 Å². The number of rotatable bonds is 4. The summed E-state index contributed by atoms with van der Waals surface area (Å²) < 4.78 is 72.2. The molecule has 0 saturated carbocycles. The van der Waals surface area contributed by atoms with Crippen LogP contribution in [0.15, 0.2) is 70.8 Å². The number of hydrogen-bond donors (Lipinski definition) is 2. The second-order valence-corrected chi connectivity index (χ2v) is 10.8. The van der Waals surface area contributed by atoms with E-state index in [1.165, 1.54) is 36.4 Å². The Morgan fingerprint density at radius 2 is 1.56 bits per heavy atom. The number of carbonyl (C=O) groups is 2. The van der Waals surface area contributed by atoms with Gasteiger partial charge in [0.1, 0.15) is 0 Å². The van der Waals surface area contributed by atoms with Gasteiger partial charge in [0.25, 0.3) is 5.91 Å². The largest absolute Gasteiger partial charge is 0.421 e. The molecule has 2 aromatic rings. The summed E-state index contributed by atoms with van der Waals surface area (Å²) in [5, 5.41) is 0. The first kappa shape index (κ1) is 24.0. The van der Waals surface area contributed by atoms with Gasteiger partial charge in [0.05, 0.1) is 10.5 Å². The first-order chi connectivity index (χ1) is 15.7. The number of carbonyl (C=O) groups excluding carboxylic acids is 2. The highest BCUT2D eigenvalue weighted by Crippen LogP contribution is 2.53. The van der Waals surface area contributed by atoms with E-state index in [4.69, 9.17) is 5.73 Å². The maximum atomic E-state index is 14.8. The van der Waals surface area contributed by atoms with Crippen molar-refractivity contribution >= 4 is 33.1 Å². The van der Waals surface area contributed by atoms with Crippen LogP contribution in [0.5, 0.6) is 0 Å². The molecule has 1 aliphatic heterocycles.